The number of piperidine rings is 1. The molecule has 3 aromatic rings. The van der Waals surface area contributed by atoms with E-state index >= 15 is 0 Å². The minimum Gasteiger partial charge on any atom is -0.487 e. The Morgan fingerprint density at radius 3 is 2.61 bits per heavy atom. The summed E-state index contributed by atoms with van der Waals surface area (Å²) in [5.41, 5.74) is 2.66. The van der Waals surface area contributed by atoms with Crippen molar-refractivity contribution in [2.24, 2.45) is 0 Å². The molecule has 2 aliphatic heterocycles. The van der Waals surface area contributed by atoms with E-state index in [0.717, 1.165) is 59.9 Å². The van der Waals surface area contributed by atoms with Crippen molar-refractivity contribution in [2.75, 3.05) is 20.1 Å². The van der Waals surface area contributed by atoms with E-state index in [9.17, 15) is 4.79 Å². The van der Waals surface area contributed by atoms with Crippen LogP contribution in [-0.2, 0) is 0 Å². The van der Waals surface area contributed by atoms with E-state index in [0.29, 0.717) is 4.88 Å². The van der Waals surface area contributed by atoms with Crippen LogP contribution < -0.4 is 10.1 Å². The maximum Gasteiger partial charge on any atom is 0.263 e. The summed E-state index contributed by atoms with van der Waals surface area (Å²) in [6.45, 7) is 3.93. The number of fused-ring (bicyclic) bond motifs is 1. The summed E-state index contributed by atoms with van der Waals surface area (Å²) in [7, 11) is 2.15. The summed E-state index contributed by atoms with van der Waals surface area (Å²) in [6, 6.07) is 18.1. The molecule has 5 rings (SSSR count). The number of rotatable bonds is 3. The van der Waals surface area contributed by atoms with Gasteiger partial charge in [-0.05, 0) is 32.9 Å². The second-order valence-corrected chi connectivity index (χ2v) is 9.65. The predicted octanol–water partition coefficient (Wildman–Crippen LogP) is 4.84. The normalized spacial score (nSPS) is 20.1. The number of thiazole rings is 1. The first-order valence-electron chi connectivity index (χ1n) is 10.8. The van der Waals surface area contributed by atoms with Gasteiger partial charge in [0.05, 0.1) is 11.7 Å². The van der Waals surface area contributed by atoms with Crippen molar-refractivity contribution in [1.29, 1.82) is 0 Å². The number of aryl methyl sites for hydroxylation is 1. The van der Waals surface area contributed by atoms with Gasteiger partial charge in [0.1, 0.15) is 21.2 Å². The molecular weight excluding hydrogens is 406 g/mol. The Bertz CT molecular complexity index is 1090. The zero-order valence-corrected chi connectivity index (χ0v) is 18.7. The third-order valence-corrected chi connectivity index (χ3v) is 7.63. The van der Waals surface area contributed by atoms with Crippen molar-refractivity contribution in [3.05, 3.63) is 70.7 Å². The molecule has 6 heteroatoms. The number of hydrogen-bond donors (Lipinski definition) is 1. The lowest BCUT2D eigenvalue weighted by molar-refractivity contribution is -0.0195. The Labute approximate surface area is 187 Å². The summed E-state index contributed by atoms with van der Waals surface area (Å²) < 4.78 is 6.52. The molecule has 160 valence electrons. The van der Waals surface area contributed by atoms with Gasteiger partial charge in [-0.1, -0.05) is 48.5 Å². The Balaban J connectivity index is 1.41. The van der Waals surface area contributed by atoms with Gasteiger partial charge in [0.2, 0.25) is 0 Å². The molecule has 1 unspecified atom stereocenters. The van der Waals surface area contributed by atoms with E-state index < -0.39 is 0 Å². The summed E-state index contributed by atoms with van der Waals surface area (Å²) in [5.74, 6) is 0.844. The number of amides is 1. The molecule has 0 bridgehead atoms. The summed E-state index contributed by atoms with van der Waals surface area (Å²) in [6.07, 6.45) is 2.75. The number of para-hydroxylation sites is 1. The Morgan fingerprint density at radius 1 is 1.13 bits per heavy atom. The first-order chi connectivity index (χ1) is 15.0. The lowest BCUT2D eigenvalue weighted by Crippen LogP contribution is -2.51. The standard InChI is InChI=1S/C25H27N3O2S/c1-17-22(31-24(26-17)18-8-4-3-5-9-18)23(29)27-20-16-25(12-14-28(2)15-13-25)30-21-11-7-6-10-19(20)21/h3-11,20H,12-16H2,1-2H3,(H,27,29). The fourth-order valence-corrected chi connectivity index (χ4v) is 5.59. The van der Waals surface area contributed by atoms with Gasteiger partial charge in [-0.3, -0.25) is 4.79 Å². The molecule has 2 aromatic carbocycles. The van der Waals surface area contributed by atoms with Crippen LogP contribution in [0.15, 0.2) is 54.6 Å². The van der Waals surface area contributed by atoms with E-state index in [1.54, 1.807) is 0 Å². The molecule has 0 saturated carbocycles. The molecule has 1 N–H and O–H groups in total. The summed E-state index contributed by atoms with van der Waals surface area (Å²) in [4.78, 5) is 21.0. The first-order valence-corrected chi connectivity index (χ1v) is 11.6. The number of benzene rings is 2. The van der Waals surface area contributed by atoms with Gasteiger partial charge in [0.15, 0.2) is 0 Å². The number of likely N-dealkylation sites (tertiary alicyclic amines) is 1. The summed E-state index contributed by atoms with van der Waals surface area (Å²) in [5, 5.41) is 4.19. The molecule has 5 nitrogen and oxygen atoms in total. The minimum atomic E-state index is -0.212. The fourth-order valence-electron chi connectivity index (χ4n) is 4.61. The molecule has 31 heavy (non-hydrogen) atoms. The lowest BCUT2D eigenvalue weighted by atomic mass is 9.80. The lowest BCUT2D eigenvalue weighted by Gasteiger charge is -2.46. The highest BCUT2D eigenvalue weighted by molar-refractivity contribution is 7.17. The van der Waals surface area contributed by atoms with Crippen LogP contribution in [0.1, 0.15) is 46.2 Å². The third kappa shape index (κ3) is 3.98. The summed E-state index contributed by atoms with van der Waals surface area (Å²) >= 11 is 1.46. The number of carbonyl (C=O) groups is 1. The number of nitrogens with zero attached hydrogens (tertiary/aromatic N) is 2. The molecular formula is C25H27N3O2S. The second kappa shape index (κ2) is 8.09. The monoisotopic (exact) mass is 433 g/mol. The van der Waals surface area contributed by atoms with Crippen molar-refractivity contribution in [3.63, 3.8) is 0 Å². The van der Waals surface area contributed by atoms with Gasteiger partial charge < -0.3 is 15.0 Å². The highest BCUT2D eigenvalue weighted by Crippen LogP contribution is 2.44. The molecule has 1 spiro atoms. The number of nitrogens with one attached hydrogen (secondary N) is 1. The topological polar surface area (TPSA) is 54.5 Å². The van der Waals surface area contributed by atoms with Crippen molar-refractivity contribution < 1.29 is 9.53 Å². The van der Waals surface area contributed by atoms with Crippen LogP contribution in [0.3, 0.4) is 0 Å². The zero-order valence-electron chi connectivity index (χ0n) is 17.9. The average molecular weight is 434 g/mol. The van der Waals surface area contributed by atoms with E-state index in [4.69, 9.17) is 4.74 Å². The predicted molar refractivity (Wildman–Crippen MR) is 124 cm³/mol. The van der Waals surface area contributed by atoms with Crippen molar-refractivity contribution >= 4 is 17.2 Å². The van der Waals surface area contributed by atoms with Crippen LogP contribution in [-0.4, -0.2) is 41.5 Å². The maximum atomic E-state index is 13.3. The van der Waals surface area contributed by atoms with Crippen LogP contribution in [0.5, 0.6) is 5.75 Å². The van der Waals surface area contributed by atoms with E-state index in [-0.39, 0.29) is 17.6 Å². The second-order valence-electron chi connectivity index (χ2n) is 8.66. The fraction of sp³-hybridized carbons (Fsp3) is 0.360. The molecule has 1 saturated heterocycles. The van der Waals surface area contributed by atoms with Gasteiger partial charge >= 0.3 is 0 Å². The van der Waals surface area contributed by atoms with Crippen LogP contribution in [0.2, 0.25) is 0 Å². The SMILES string of the molecule is Cc1nc(-c2ccccc2)sc1C(=O)NC1CC2(CCN(C)CC2)Oc2ccccc21. The van der Waals surface area contributed by atoms with Crippen molar-refractivity contribution in [3.8, 4) is 16.3 Å². The number of aromatic nitrogens is 1. The molecule has 1 atom stereocenters. The highest BCUT2D eigenvalue weighted by atomic mass is 32.1. The molecule has 1 amide bonds. The van der Waals surface area contributed by atoms with Gasteiger partial charge in [-0.25, -0.2) is 4.98 Å². The van der Waals surface area contributed by atoms with Crippen molar-refractivity contribution in [2.45, 2.75) is 37.8 Å². The van der Waals surface area contributed by atoms with Crippen molar-refractivity contribution in [1.82, 2.24) is 15.2 Å². The Morgan fingerprint density at radius 2 is 1.84 bits per heavy atom. The van der Waals surface area contributed by atoms with E-state index in [2.05, 4.69) is 28.3 Å². The molecule has 1 fully saturated rings. The van der Waals surface area contributed by atoms with Crippen LogP contribution in [0.25, 0.3) is 10.6 Å². The van der Waals surface area contributed by atoms with Gasteiger partial charge in [0, 0.05) is 30.6 Å². The van der Waals surface area contributed by atoms with Gasteiger partial charge in [-0.2, -0.15) is 0 Å². The quantitative estimate of drug-likeness (QED) is 0.642. The average Bonchev–Trinajstić information content (AvgIpc) is 3.18. The third-order valence-electron chi connectivity index (χ3n) is 6.42. The van der Waals surface area contributed by atoms with Crippen LogP contribution >= 0.6 is 11.3 Å². The molecule has 0 aliphatic carbocycles. The van der Waals surface area contributed by atoms with Gasteiger partial charge in [-0.15, -0.1) is 11.3 Å². The Kier molecular flexibility index (Phi) is 5.28. The molecule has 2 aliphatic rings. The first kappa shape index (κ1) is 20.2. The number of ether oxygens (including phenoxy) is 1. The Hall–Kier alpha value is -2.70. The zero-order chi connectivity index (χ0) is 21.4. The van der Waals surface area contributed by atoms with Crippen LogP contribution in [0.4, 0.5) is 0 Å². The molecule has 1 aromatic heterocycles. The number of carbonyl (C=O) groups excluding carboxylic acids is 1. The smallest absolute Gasteiger partial charge is 0.263 e. The largest absolute Gasteiger partial charge is 0.487 e. The maximum absolute atomic E-state index is 13.3. The number of hydrogen-bond acceptors (Lipinski definition) is 5. The molecule has 0 radical (unpaired) electrons. The minimum absolute atomic E-state index is 0.0537. The molecule has 3 heterocycles. The highest BCUT2D eigenvalue weighted by Gasteiger charge is 2.43. The van der Waals surface area contributed by atoms with E-state index in [1.165, 1.54) is 11.3 Å². The van der Waals surface area contributed by atoms with Gasteiger partial charge in [0.25, 0.3) is 5.91 Å². The van der Waals surface area contributed by atoms with E-state index in [1.807, 2.05) is 55.5 Å². The van der Waals surface area contributed by atoms with Crippen LogP contribution in [0, 0.1) is 6.92 Å².